The number of imide groups is 1. The van der Waals surface area contributed by atoms with E-state index < -0.39 is 29.3 Å². The maximum absolute atomic E-state index is 13.1. The van der Waals surface area contributed by atoms with Crippen LogP contribution in [0.1, 0.15) is 47.0 Å². The summed E-state index contributed by atoms with van der Waals surface area (Å²) >= 11 is 0. The number of nitro benzene ring substituents is 1. The van der Waals surface area contributed by atoms with Crippen LogP contribution in [0.5, 0.6) is 0 Å². The second-order valence-electron chi connectivity index (χ2n) is 8.50. The molecule has 0 fully saturated rings. The van der Waals surface area contributed by atoms with Crippen LogP contribution in [-0.2, 0) is 4.74 Å². The summed E-state index contributed by atoms with van der Waals surface area (Å²) in [5, 5.41) is 12.9. The van der Waals surface area contributed by atoms with Crippen molar-refractivity contribution in [3.63, 3.8) is 0 Å². The molecule has 0 aliphatic carbocycles. The number of amides is 2. The summed E-state index contributed by atoms with van der Waals surface area (Å²) in [6.07, 6.45) is 0. The third-order valence-corrected chi connectivity index (χ3v) is 6.16. The Morgan fingerprint density at radius 1 is 0.838 bits per heavy atom. The number of nitrogens with zero attached hydrogens (tertiary/aromatic N) is 2. The first-order valence-electron chi connectivity index (χ1n) is 11.2. The number of benzene rings is 4. The van der Waals surface area contributed by atoms with E-state index in [0.717, 1.165) is 15.7 Å². The smallest absolute Gasteiger partial charge is 0.338 e. The molecule has 0 aromatic heterocycles. The van der Waals surface area contributed by atoms with E-state index in [4.69, 9.17) is 4.74 Å². The molecule has 0 spiro atoms. The number of non-ortho nitro benzene ring substituents is 1. The number of nitro groups is 1. The topological polar surface area (TPSA) is 124 Å². The lowest BCUT2D eigenvalue weighted by Crippen LogP contribution is -2.30. The fourth-order valence-electron chi connectivity index (χ4n) is 4.25. The Bertz CT molecular complexity index is 1660. The first-order chi connectivity index (χ1) is 17.7. The van der Waals surface area contributed by atoms with E-state index in [1.54, 1.807) is 19.1 Å². The van der Waals surface area contributed by atoms with Crippen LogP contribution in [0.2, 0.25) is 0 Å². The summed E-state index contributed by atoms with van der Waals surface area (Å²) in [4.78, 5) is 62.6. The predicted octanol–water partition coefficient (Wildman–Crippen LogP) is 4.90. The van der Waals surface area contributed by atoms with Gasteiger partial charge in [0.15, 0.2) is 12.4 Å². The van der Waals surface area contributed by atoms with E-state index in [0.29, 0.717) is 11.1 Å². The van der Waals surface area contributed by atoms with Crippen LogP contribution in [0.15, 0.2) is 78.9 Å². The fraction of sp³-hybridized carbons (Fsp3) is 0.0714. The highest BCUT2D eigenvalue weighted by atomic mass is 16.6. The Labute approximate surface area is 210 Å². The van der Waals surface area contributed by atoms with Gasteiger partial charge in [0, 0.05) is 17.7 Å². The molecule has 0 N–H and O–H groups in total. The Balaban J connectivity index is 1.33. The second-order valence-corrected chi connectivity index (χ2v) is 8.50. The number of anilines is 1. The van der Waals surface area contributed by atoms with Gasteiger partial charge in [-0.3, -0.25) is 24.5 Å². The molecule has 0 saturated carbocycles. The van der Waals surface area contributed by atoms with Crippen LogP contribution in [0.4, 0.5) is 11.4 Å². The molecule has 0 unspecified atom stereocenters. The van der Waals surface area contributed by atoms with Crippen molar-refractivity contribution in [1.29, 1.82) is 0 Å². The van der Waals surface area contributed by atoms with Crippen LogP contribution in [0, 0.1) is 17.0 Å². The molecular weight excluding hydrogens is 476 g/mol. The van der Waals surface area contributed by atoms with E-state index in [-0.39, 0.29) is 33.8 Å². The van der Waals surface area contributed by atoms with Crippen molar-refractivity contribution in [1.82, 2.24) is 0 Å². The van der Waals surface area contributed by atoms with E-state index in [9.17, 15) is 29.3 Å². The van der Waals surface area contributed by atoms with Gasteiger partial charge in [-0.05, 0) is 53.6 Å². The number of ether oxygens (including phenoxy) is 1. The average molecular weight is 494 g/mol. The van der Waals surface area contributed by atoms with Crippen molar-refractivity contribution < 1.29 is 28.8 Å². The zero-order valence-electron chi connectivity index (χ0n) is 19.5. The van der Waals surface area contributed by atoms with Crippen molar-refractivity contribution in [2.24, 2.45) is 0 Å². The number of carbonyl (C=O) groups is 4. The maximum Gasteiger partial charge on any atom is 0.338 e. The first-order valence-corrected chi connectivity index (χ1v) is 11.2. The number of fused-ring (bicyclic) bond motifs is 2. The fourth-order valence-corrected chi connectivity index (χ4v) is 4.25. The number of aryl methyl sites for hydroxylation is 1. The van der Waals surface area contributed by atoms with Crippen LogP contribution < -0.4 is 4.90 Å². The van der Waals surface area contributed by atoms with Gasteiger partial charge in [-0.15, -0.1) is 0 Å². The first kappa shape index (κ1) is 23.6. The summed E-state index contributed by atoms with van der Waals surface area (Å²) in [6.45, 7) is 1.07. The van der Waals surface area contributed by atoms with Gasteiger partial charge in [0.05, 0.1) is 27.3 Å². The molecule has 37 heavy (non-hydrogen) atoms. The second kappa shape index (κ2) is 9.12. The summed E-state index contributed by atoms with van der Waals surface area (Å²) < 4.78 is 5.18. The van der Waals surface area contributed by atoms with E-state index in [1.807, 2.05) is 30.3 Å². The maximum atomic E-state index is 13.1. The molecule has 9 heteroatoms. The van der Waals surface area contributed by atoms with Crippen LogP contribution >= 0.6 is 0 Å². The van der Waals surface area contributed by atoms with Gasteiger partial charge in [-0.2, -0.15) is 0 Å². The highest BCUT2D eigenvalue weighted by Crippen LogP contribution is 2.33. The highest BCUT2D eigenvalue weighted by molar-refractivity contribution is 6.35. The third-order valence-electron chi connectivity index (χ3n) is 6.16. The lowest BCUT2D eigenvalue weighted by Gasteiger charge is -2.16. The Morgan fingerprint density at radius 2 is 1.54 bits per heavy atom. The predicted molar refractivity (Wildman–Crippen MR) is 134 cm³/mol. The SMILES string of the molecule is Cc1cc([N+](=O)[O-])ccc1N1C(=O)c2ccc(C(=O)OCC(=O)c3ccc4ccccc4c3)cc2C1=O. The van der Waals surface area contributed by atoms with Crippen LogP contribution in [0.3, 0.4) is 0 Å². The Kier molecular flexibility index (Phi) is 5.81. The highest BCUT2D eigenvalue weighted by Gasteiger charge is 2.38. The standard InChI is InChI=1S/C28H18N2O7/c1-16-12-21(30(35)36)9-11-24(16)29-26(32)22-10-8-20(14-23(22)27(29)33)28(34)37-15-25(31)19-7-6-17-4-2-3-5-18(17)13-19/h2-14H,15H2,1H3. The number of hydrogen-bond acceptors (Lipinski definition) is 7. The van der Waals surface area contributed by atoms with Gasteiger partial charge in [0.1, 0.15) is 0 Å². The summed E-state index contributed by atoms with van der Waals surface area (Å²) in [5.74, 6) is -2.48. The summed E-state index contributed by atoms with van der Waals surface area (Å²) in [6, 6.07) is 20.5. The molecular formula is C28H18N2O7. The van der Waals surface area contributed by atoms with Crippen LogP contribution in [-0.4, -0.2) is 35.1 Å². The van der Waals surface area contributed by atoms with E-state index in [1.165, 1.54) is 36.4 Å². The van der Waals surface area contributed by atoms with Gasteiger partial charge in [-0.1, -0.05) is 36.4 Å². The van der Waals surface area contributed by atoms with Gasteiger partial charge in [-0.25, -0.2) is 9.69 Å². The molecule has 9 nitrogen and oxygen atoms in total. The molecule has 0 saturated heterocycles. The number of rotatable bonds is 6. The van der Waals surface area contributed by atoms with Gasteiger partial charge >= 0.3 is 5.97 Å². The van der Waals surface area contributed by atoms with Crippen molar-refractivity contribution >= 4 is 45.7 Å². The molecule has 1 heterocycles. The number of Topliss-reactive ketones (excluding diaryl/α,β-unsaturated/α-hetero) is 1. The largest absolute Gasteiger partial charge is 0.454 e. The zero-order chi connectivity index (χ0) is 26.3. The number of esters is 1. The number of hydrogen-bond donors (Lipinski definition) is 0. The van der Waals surface area contributed by atoms with Crippen LogP contribution in [0.25, 0.3) is 10.8 Å². The quantitative estimate of drug-likeness (QED) is 0.123. The third kappa shape index (κ3) is 4.23. The van der Waals surface area contributed by atoms with E-state index >= 15 is 0 Å². The Morgan fingerprint density at radius 3 is 2.27 bits per heavy atom. The van der Waals surface area contributed by atoms with Crippen molar-refractivity contribution in [2.75, 3.05) is 11.5 Å². The van der Waals surface area contributed by atoms with E-state index in [2.05, 4.69) is 0 Å². The lowest BCUT2D eigenvalue weighted by atomic mass is 10.0. The Hall–Kier alpha value is -5.18. The minimum absolute atomic E-state index is 0.00180. The van der Waals surface area contributed by atoms with Gasteiger partial charge in [0.2, 0.25) is 0 Å². The minimum atomic E-state index is -0.817. The summed E-state index contributed by atoms with van der Waals surface area (Å²) in [7, 11) is 0. The molecule has 5 rings (SSSR count). The average Bonchev–Trinajstić information content (AvgIpc) is 3.15. The summed E-state index contributed by atoms with van der Waals surface area (Å²) in [5.41, 5.74) is 0.909. The van der Waals surface area contributed by atoms with Crippen molar-refractivity contribution in [2.45, 2.75) is 6.92 Å². The van der Waals surface area contributed by atoms with Crippen molar-refractivity contribution in [3.8, 4) is 0 Å². The molecule has 1 aliphatic rings. The molecule has 0 radical (unpaired) electrons. The minimum Gasteiger partial charge on any atom is -0.454 e. The van der Waals surface area contributed by atoms with Gasteiger partial charge in [0.25, 0.3) is 17.5 Å². The molecule has 4 aromatic rings. The molecule has 1 aliphatic heterocycles. The molecule has 2 amide bonds. The monoisotopic (exact) mass is 494 g/mol. The number of carbonyl (C=O) groups excluding carboxylic acids is 4. The zero-order valence-corrected chi connectivity index (χ0v) is 19.5. The molecule has 0 bridgehead atoms. The number of ketones is 1. The molecule has 182 valence electrons. The molecule has 4 aromatic carbocycles. The normalized spacial score (nSPS) is 12.5. The van der Waals surface area contributed by atoms with Crippen molar-refractivity contribution in [3.05, 3.63) is 117 Å². The lowest BCUT2D eigenvalue weighted by molar-refractivity contribution is -0.384. The van der Waals surface area contributed by atoms with Gasteiger partial charge < -0.3 is 4.74 Å². The molecule has 0 atom stereocenters.